The van der Waals surface area contributed by atoms with Gasteiger partial charge in [-0.15, -0.1) is 0 Å². The molecule has 8 heteroatoms. The fourth-order valence-electron chi connectivity index (χ4n) is 3.32. The van der Waals surface area contributed by atoms with Crippen LogP contribution in [0, 0.1) is 5.92 Å². The summed E-state index contributed by atoms with van der Waals surface area (Å²) in [6.07, 6.45) is 0.137. The van der Waals surface area contributed by atoms with Crippen LogP contribution in [0.25, 0.3) is 0 Å². The van der Waals surface area contributed by atoms with Crippen molar-refractivity contribution in [2.45, 2.75) is 13.3 Å². The number of halogens is 1. The molecule has 1 unspecified atom stereocenters. The van der Waals surface area contributed by atoms with Crippen LogP contribution in [0.5, 0.6) is 5.75 Å². The van der Waals surface area contributed by atoms with Gasteiger partial charge in [-0.3, -0.25) is 14.4 Å². The molecule has 0 aromatic heterocycles. The Balaban J connectivity index is 1.49. The number of hydrogen-bond acceptors (Lipinski definition) is 4. The molecular weight excluding hydrogens is 406 g/mol. The number of nitrogens with one attached hydrogen (secondary N) is 2. The van der Waals surface area contributed by atoms with Gasteiger partial charge in [-0.25, -0.2) is 0 Å². The first-order valence-electron chi connectivity index (χ1n) is 9.84. The molecule has 1 fully saturated rings. The van der Waals surface area contributed by atoms with E-state index in [2.05, 4.69) is 10.6 Å². The molecule has 0 spiro atoms. The maximum atomic E-state index is 12.5. The van der Waals surface area contributed by atoms with Gasteiger partial charge in [-0.1, -0.05) is 35.9 Å². The minimum atomic E-state index is -0.452. The van der Waals surface area contributed by atoms with Gasteiger partial charge >= 0.3 is 0 Å². The predicted octanol–water partition coefficient (Wildman–Crippen LogP) is 2.64. The lowest BCUT2D eigenvalue weighted by Gasteiger charge is -2.20. The zero-order valence-electron chi connectivity index (χ0n) is 16.7. The Kier molecular flexibility index (Phi) is 7.30. The Bertz CT molecular complexity index is 934. The first-order chi connectivity index (χ1) is 14.5. The van der Waals surface area contributed by atoms with Crippen LogP contribution in [0.3, 0.4) is 0 Å². The molecule has 0 aliphatic carbocycles. The van der Waals surface area contributed by atoms with E-state index in [9.17, 15) is 14.4 Å². The molecule has 0 saturated carbocycles. The lowest BCUT2D eigenvalue weighted by atomic mass is 10.1. The van der Waals surface area contributed by atoms with Crippen molar-refractivity contribution in [1.29, 1.82) is 0 Å². The average molecular weight is 430 g/mol. The Hall–Kier alpha value is -3.06. The van der Waals surface area contributed by atoms with Gasteiger partial charge in [0.05, 0.1) is 28.8 Å². The molecule has 7 nitrogen and oxygen atoms in total. The highest BCUT2D eigenvalue weighted by atomic mass is 35.5. The lowest BCUT2D eigenvalue weighted by molar-refractivity contribution is -0.126. The van der Waals surface area contributed by atoms with Gasteiger partial charge in [0.2, 0.25) is 11.8 Å². The third-order valence-electron chi connectivity index (χ3n) is 4.78. The van der Waals surface area contributed by atoms with Gasteiger partial charge in [-0.05, 0) is 31.2 Å². The maximum Gasteiger partial charge on any atom is 0.252 e. The fourth-order valence-corrected chi connectivity index (χ4v) is 3.54. The van der Waals surface area contributed by atoms with E-state index in [0.717, 1.165) is 0 Å². The molecule has 2 aromatic rings. The average Bonchev–Trinajstić information content (AvgIpc) is 3.13. The first kappa shape index (κ1) is 21.6. The third-order valence-corrected chi connectivity index (χ3v) is 5.11. The second kappa shape index (κ2) is 10.1. The molecule has 1 saturated heterocycles. The molecule has 0 bridgehead atoms. The highest BCUT2D eigenvalue weighted by Crippen LogP contribution is 2.33. The monoisotopic (exact) mass is 429 g/mol. The third kappa shape index (κ3) is 5.10. The summed E-state index contributed by atoms with van der Waals surface area (Å²) in [5, 5.41) is 5.87. The summed E-state index contributed by atoms with van der Waals surface area (Å²) in [4.78, 5) is 38.7. The smallest absolute Gasteiger partial charge is 0.252 e. The van der Waals surface area contributed by atoms with E-state index < -0.39 is 5.92 Å². The normalized spacial score (nSPS) is 15.7. The second-order valence-corrected chi connectivity index (χ2v) is 7.24. The Morgan fingerprint density at radius 1 is 1.10 bits per heavy atom. The molecule has 2 aromatic carbocycles. The number of amides is 3. The van der Waals surface area contributed by atoms with Crippen LogP contribution in [0.1, 0.15) is 23.7 Å². The van der Waals surface area contributed by atoms with Crippen LogP contribution in [-0.4, -0.2) is 44.0 Å². The van der Waals surface area contributed by atoms with E-state index in [1.807, 2.05) is 25.1 Å². The largest absolute Gasteiger partial charge is 0.492 e. The van der Waals surface area contributed by atoms with Gasteiger partial charge in [0.15, 0.2) is 0 Å². The number of nitrogens with zero attached hydrogens (tertiary/aromatic N) is 1. The topological polar surface area (TPSA) is 87.7 Å². The molecule has 30 heavy (non-hydrogen) atoms. The summed E-state index contributed by atoms with van der Waals surface area (Å²) in [6.45, 7) is 3.18. The number of ether oxygens (including phenoxy) is 1. The summed E-state index contributed by atoms with van der Waals surface area (Å²) < 4.78 is 5.60. The van der Waals surface area contributed by atoms with Crippen LogP contribution in [0.15, 0.2) is 48.5 Å². The Morgan fingerprint density at radius 2 is 1.80 bits per heavy atom. The van der Waals surface area contributed by atoms with Crippen molar-refractivity contribution in [2.75, 3.05) is 31.1 Å². The van der Waals surface area contributed by atoms with Gasteiger partial charge in [-0.2, -0.15) is 0 Å². The van der Waals surface area contributed by atoms with Crippen molar-refractivity contribution in [3.8, 4) is 5.75 Å². The van der Waals surface area contributed by atoms with Gasteiger partial charge in [0.25, 0.3) is 5.91 Å². The van der Waals surface area contributed by atoms with Crippen molar-refractivity contribution >= 4 is 35.0 Å². The molecule has 1 aliphatic heterocycles. The standard InChI is InChI=1S/C22H24ClN3O4/c1-2-30-19-10-6-5-9-18(19)26-14-15(13-20(26)27)21(28)24-11-12-25-22(29)16-7-3-4-8-17(16)23/h3-10,15H,2,11-14H2,1H3,(H,24,28)(H,25,29). The van der Waals surface area contributed by atoms with Gasteiger partial charge in [0, 0.05) is 26.1 Å². The zero-order chi connectivity index (χ0) is 21.5. The summed E-state index contributed by atoms with van der Waals surface area (Å²) in [6, 6.07) is 14.1. The Labute approximate surface area is 180 Å². The number of anilines is 1. The number of carbonyl (C=O) groups is 3. The van der Waals surface area contributed by atoms with Gasteiger partial charge in [0.1, 0.15) is 5.75 Å². The molecule has 1 aliphatic rings. The van der Waals surface area contributed by atoms with Crippen LogP contribution in [0.2, 0.25) is 5.02 Å². The van der Waals surface area contributed by atoms with Crippen LogP contribution in [0.4, 0.5) is 5.69 Å². The molecule has 2 N–H and O–H groups in total. The maximum absolute atomic E-state index is 12.5. The molecular formula is C22H24ClN3O4. The van der Waals surface area contributed by atoms with Crippen molar-refractivity contribution in [3.63, 3.8) is 0 Å². The van der Waals surface area contributed by atoms with E-state index in [-0.39, 0.29) is 37.2 Å². The predicted molar refractivity (Wildman–Crippen MR) is 115 cm³/mol. The van der Waals surface area contributed by atoms with Crippen molar-refractivity contribution < 1.29 is 19.1 Å². The fraction of sp³-hybridized carbons (Fsp3) is 0.318. The number of para-hydroxylation sites is 2. The highest BCUT2D eigenvalue weighted by Gasteiger charge is 2.36. The van der Waals surface area contributed by atoms with Crippen LogP contribution >= 0.6 is 11.6 Å². The molecule has 1 heterocycles. The second-order valence-electron chi connectivity index (χ2n) is 6.83. The van der Waals surface area contributed by atoms with E-state index in [1.54, 1.807) is 35.2 Å². The van der Waals surface area contributed by atoms with E-state index in [4.69, 9.17) is 16.3 Å². The Morgan fingerprint density at radius 3 is 2.57 bits per heavy atom. The summed E-state index contributed by atoms with van der Waals surface area (Å²) >= 11 is 6.00. The lowest BCUT2D eigenvalue weighted by Crippen LogP contribution is -2.38. The van der Waals surface area contributed by atoms with E-state index >= 15 is 0 Å². The summed E-state index contributed by atoms with van der Waals surface area (Å²) in [5.41, 5.74) is 1.06. The van der Waals surface area contributed by atoms with E-state index in [1.165, 1.54) is 0 Å². The van der Waals surface area contributed by atoms with Crippen molar-refractivity contribution in [1.82, 2.24) is 10.6 Å². The van der Waals surface area contributed by atoms with Crippen molar-refractivity contribution in [2.24, 2.45) is 5.92 Å². The highest BCUT2D eigenvalue weighted by molar-refractivity contribution is 6.33. The van der Waals surface area contributed by atoms with Gasteiger partial charge < -0.3 is 20.3 Å². The number of carbonyl (C=O) groups excluding carboxylic acids is 3. The molecule has 0 radical (unpaired) electrons. The minimum Gasteiger partial charge on any atom is -0.492 e. The molecule has 3 rings (SSSR count). The minimum absolute atomic E-state index is 0.116. The number of hydrogen-bond donors (Lipinski definition) is 2. The first-order valence-corrected chi connectivity index (χ1v) is 10.2. The number of rotatable bonds is 8. The van der Waals surface area contributed by atoms with Crippen molar-refractivity contribution in [3.05, 3.63) is 59.1 Å². The molecule has 158 valence electrons. The zero-order valence-corrected chi connectivity index (χ0v) is 17.4. The number of benzene rings is 2. The van der Waals surface area contributed by atoms with Crippen LogP contribution < -0.4 is 20.3 Å². The summed E-state index contributed by atoms with van der Waals surface area (Å²) in [7, 11) is 0. The summed E-state index contributed by atoms with van der Waals surface area (Å²) in [5.74, 6) is -0.464. The quantitative estimate of drug-likeness (QED) is 0.631. The molecule has 3 amide bonds. The van der Waals surface area contributed by atoms with E-state index in [0.29, 0.717) is 35.2 Å². The SMILES string of the molecule is CCOc1ccccc1N1CC(C(=O)NCCNC(=O)c2ccccc2Cl)CC1=O. The molecule has 1 atom stereocenters. The van der Waals surface area contributed by atoms with Crippen LogP contribution in [-0.2, 0) is 9.59 Å².